The maximum Gasteiger partial charge on any atom is 0.127 e. The van der Waals surface area contributed by atoms with Gasteiger partial charge in [-0.15, -0.1) is 11.3 Å². The number of thiophene rings is 1. The van der Waals surface area contributed by atoms with Gasteiger partial charge >= 0.3 is 0 Å². The first kappa shape index (κ1) is 11.3. The molecule has 2 aromatic rings. The fourth-order valence-electron chi connectivity index (χ4n) is 1.30. The summed E-state index contributed by atoms with van der Waals surface area (Å²) in [4.78, 5) is 1.16. The summed E-state index contributed by atoms with van der Waals surface area (Å²) in [5.74, 6) is -0.158. The zero-order chi connectivity index (χ0) is 10.8. The molecule has 0 unspecified atom stereocenters. The highest BCUT2D eigenvalue weighted by Gasteiger charge is 2.05. The lowest BCUT2D eigenvalue weighted by molar-refractivity contribution is 0.613. The second-order valence-corrected chi connectivity index (χ2v) is 6.58. The van der Waals surface area contributed by atoms with E-state index in [1.165, 1.54) is 6.07 Å². The third-order valence-corrected chi connectivity index (χ3v) is 4.13. The normalized spacial score (nSPS) is 10.6. The third kappa shape index (κ3) is 2.89. The predicted molar refractivity (Wildman–Crippen MR) is 68.9 cm³/mol. The van der Waals surface area contributed by atoms with Gasteiger partial charge in [0.15, 0.2) is 0 Å². The Morgan fingerprint density at radius 1 is 1.13 bits per heavy atom. The first-order valence-corrected chi connectivity index (χ1v) is 6.73. The van der Waals surface area contributed by atoms with Gasteiger partial charge in [0.2, 0.25) is 0 Å². The number of hydrogen-bond acceptors (Lipinski definition) is 1. The van der Waals surface area contributed by atoms with Gasteiger partial charge in [-0.25, -0.2) is 4.39 Å². The first-order valence-electron chi connectivity index (χ1n) is 4.33. The van der Waals surface area contributed by atoms with Crippen LogP contribution in [0.5, 0.6) is 0 Å². The molecular weight excluding hydrogens is 343 g/mol. The zero-order valence-electron chi connectivity index (χ0n) is 7.64. The molecule has 1 aromatic heterocycles. The van der Waals surface area contributed by atoms with Crippen molar-refractivity contribution in [1.82, 2.24) is 0 Å². The molecule has 0 atom stereocenters. The quantitative estimate of drug-likeness (QED) is 0.715. The van der Waals surface area contributed by atoms with Crippen LogP contribution in [-0.4, -0.2) is 0 Å². The van der Waals surface area contributed by atoms with Crippen molar-refractivity contribution in [2.75, 3.05) is 0 Å². The molecule has 1 heterocycles. The van der Waals surface area contributed by atoms with E-state index in [1.807, 2.05) is 24.3 Å². The summed E-state index contributed by atoms with van der Waals surface area (Å²) in [5, 5.41) is 0. The van der Waals surface area contributed by atoms with E-state index in [9.17, 15) is 4.39 Å². The topological polar surface area (TPSA) is 0 Å². The van der Waals surface area contributed by atoms with Crippen molar-refractivity contribution in [1.29, 1.82) is 0 Å². The Morgan fingerprint density at radius 3 is 2.53 bits per heavy atom. The van der Waals surface area contributed by atoms with E-state index in [0.717, 1.165) is 18.7 Å². The van der Waals surface area contributed by atoms with E-state index in [2.05, 4.69) is 31.9 Å². The summed E-state index contributed by atoms with van der Waals surface area (Å²) < 4.78 is 15.4. The van der Waals surface area contributed by atoms with Gasteiger partial charge in [-0.1, -0.05) is 22.0 Å². The van der Waals surface area contributed by atoms with Crippen molar-refractivity contribution in [3.63, 3.8) is 0 Å². The molecule has 0 amide bonds. The lowest BCUT2D eigenvalue weighted by Crippen LogP contribution is -1.89. The van der Waals surface area contributed by atoms with E-state index in [4.69, 9.17) is 0 Å². The number of benzene rings is 1. The molecule has 0 aliphatic carbocycles. The molecule has 0 spiro atoms. The van der Waals surface area contributed by atoms with Crippen molar-refractivity contribution in [2.24, 2.45) is 0 Å². The van der Waals surface area contributed by atoms with Crippen LogP contribution in [0.4, 0.5) is 4.39 Å². The van der Waals surface area contributed by atoms with E-state index >= 15 is 0 Å². The highest BCUT2D eigenvalue weighted by molar-refractivity contribution is 9.11. The summed E-state index contributed by atoms with van der Waals surface area (Å²) in [6.07, 6.45) is 0.648. The van der Waals surface area contributed by atoms with E-state index < -0.39 is 0 Å². The average molecular weight is 350 g/mol. The van der Waals surface area contributed by atoms with Crippen LogP contribution in [0.25, 0.3) is 0 Å². The Labute approximate surface area is 108 Å². The Bertz CT molecular complexity index is 479. The molecule has 0 fully saturated rings. The van der Waals surface area contributed by atoms with E-state index in [1.54, 1.807) is 11.3 Å². The first-order chi connectivity index (χ1) is 7.15. The molecule has 0 saturated heterocycles. The summed E-state index contributed by atoms with van der Waals surface area (Å²) in [7, 11) is 0. The molecule has 1 aromatic carbocycles. The van der Waals surface area contributed by atoms with Gasteiger partial charge in [0.25, 0.3) is 0 Å². The Balaban J connectivity index is 2.24. The van der Waals surface area contributed by atoms with Crippen LogP contribution in [0.1, 0.15) is 10.4 Å². The average Bonchev–Trinajstić information content (AvgIpc) is 2.56. The van der Waals surface area contributed by atoms with Gasteiger partial charge < -0.3 is 0 Å². The second-order valence-electron chi connectivity index (χ2n) is 3.12. The van der Waals surface area contributed by atoms with Crippen molar-refractivity contribution in [2.45, 2.75) is 6.42 Å². The molecule has 0 aliphatic rings. The van der Waals surface area contributed by atoms with Gasteiger partial charge in [-0.05, 0) is 45.8 Å². The molecule has 0 saturated carbocycles. The van der Waals surface area contributed by atoms with Crippen molar-refractivity contribution >= 4 is 43.2 Å². The summed E-state index contributed by atoms with van der Waals surface area (Å²) in [6.45, 7) is 0. The highest BCUT2D eigenvalue weighted by atomic mass is 79.9. The van der Waals surface area contributed by atoms with Crippen LogP contribution in [-0.2, 0) is 6.42 Å². The van der Waals surface area contributed by atoms with Crippen molar-refractivity contribution < 1.29 is 4.39 Å². The summed E-state index contributed by atoms with van der Waals surface area (Å²) in [5.41, 5.74) is 0.729. The maximum atomic E-state index is 13.5. The van der Waals surface area contributed by atoms with E-state index in [0.29, 0.717) is 6.42 Å². The van der Waals surface area contributed by atoms with Crippen LogP contribution in [0.15, 0.2) is 38.6 Å². The van der Waals surface area contributed by atoms with E-state index in [-0.39, 0.29) is 5.82 Å². The maximum absolute atomic E-state index is 13.5. The minimum absolute atomic E-state index is 0.158. The van der Waals surface area contributed by atoms with Crippen LogP contribution >= 0.6 is 43.2 Å². The lowest BCUT2D eigenvalue weighted by Gasteiger charge is -2.01. The minimum Gasteiger partial charge on any atom is -0.207 e. The van der Waals surface area contributed by atoms with Crippen LogP contribution in [0.3, 0.4) is 0 Å². The number of halogens is 3. The van der Waals surface area contributed by atoms with Gasteiger partial charge in [-0.3, -0.25) is 0 Å². The molecular formula is C11H7Br2FS. The Morgan fingerprint density at radius 2 is 1.93 bits per heavy atom. The lowest BCUT2D eigenvalue weighted by atomic mass is 10.1. The van der Waals surface area contributed by atoms with Crippen LogP contribution in [0.2, 0.25) is 0 Å². The third-order valence-electron chi connectivity index (χ3n) is 2.01. The summed E-state index contributed by atoms with van der Waals surface area (Å²) in [6, 6.07) is 9.17. The molecule has 15 heavy (non-hydrogen) atoms. The second kappa shape index (κ2) is 4.76. The Kier molecular flexibility index (Phi) is 3.59. The minimum atomic E-state index is -0.158. The summed E-state index contributed by atoms with van der Waals surface area (Å²) >= 11 is 8.27. The van der Waals surface area contributed by atoms with Crippen LogP contribution < -0.4 is 0 Å². The highest BCUT2D eigenvalue weighted by Crippen LogP contribution is 2.25. The largest absolute Gasteiger partial charge is 0.207 e. The zero-order valence-corrected chi connectivity index (χ0v) is 11.6. The van der Waals surface area contributed by atoms with Gasteiger partial charge in [-0.2, -0.15) is 0 Å². The molecule has 0 nitrogen and oxygen atoms in total. The molecule has 0 aliphatic heterocycles. The molecule has 4 heteroatoms. The molecule has 2 rings (SSSR count). The molecule has 0 bridgehead atoms. The van der Waals surface area contributed by atoms with Crippen molar-refractivity contribution in [3.05, 3.63) is 54.8 Å². The number of rotatable bonds is 2. The van der Waals surface area contributed by atoms with Crippen molar-refractivity contribution in [3.8, 4) is 0 Å². The standard InChI is InChI=1S/C11H7Br2FS/c12-8-2-1-7(10(14)6-8)5-9-3-4-11(13)15-9/h1-4,6H,5H2. The molecule has 78 valence electrons. The van der Waals surface area contributed by atoms with Gasteiger partial charge in [0.1, 0.15) is 5.82 Å². The fraction of sp³-hybridized carbons (Fsp3) is 0.0909. The van der Waals surface area contributed by atoms with Crippen LogP contribution in [0, 0.1) is 5.82 Å². The molecule has 0 N–H and O–H groups in total. The molecule has 0 radical (unpaired) electrons. The SMILES string of the molecule is Fc1cc(Br)ccc1Cc1ccc(Br)s1. The van der Waals surface area contributed by atoms with Gasteiger partial charge in [0, 0.05) is 15.8 Å². The smallest absolute Gasteiger partial charge is 0.127 e. The predicted octanol–water partition coefficient (Wildman–Crippen LogP) is 5.00. The fourth-order valence-corrected chi connectivity index (χ4v) is 3.14. The van der Waals surface area contributed by atoms with Gasteiger partial charge in [0.05, 0.1) is 3.79 Å². The number of hydrogen-bond donors (Lipinski definition) is 0. The Hall–Kier alpha value is -0.190. The monoisotopic (exact) mass is 348 g/mol.